The van der Waals surface area contributed by atoms with Crippen LogP contribution >= 0.6 is 0 Å². The lowest BCUT2D eigenvalue weighted by molar-refractivity contribution is -0.123. The summed E-state index contributed by atoms with van der Waals surface area (Å²) in [6, 6.07) is -0.637. The lowest BCUT2D eigenvalue weighted by Crippen LogP contribution is -2.45. The van der Waals surface area contributed by atoms with Crippen LogP contribution in [0.3, 0.4) is 0 Å². The zero-order valence-corrected chi connectivity index (χ0v) is 34.8. The van der Waals surface area contributed by atoms with Crippen molar-refractivity contribution in [1.29, 1.82) is 0 Å². The van der Waals surface area contributed by atoms with Crippen LogP contribution in [0.2, 0.25) is 0 Å². The van der Waals surface area contributed by atoms with Crippen LogP contribution < -0.4 is 5.32 Å². The molecule has 2 atom stereocenters. The third-order valence-corrected chi connectivity index (χ3v) is 10.3. The van der Waals surface area contributed by atoms with Gasteiger partial charge in [-0.1, -0.05) is 210 Å². The van der Waals surface area contributed by atoms with Gasteiger partial charge in [0.2, 0.25) is 5.91 Å². The minimum Gasteiger partial charge on any atom is -0.394 e. The summed E-state index contributed by atoms with van der Waals surface area (Å²) >= 11 is 0. The highest BCUT2D eigenvalue weighted by Crippen LogP contribution is 2.15. The van der Waals surface area contributed by atoms with Gasteiger partial charge in [0.25, 0.3) is 0 Å². The van der Waals surface area contributed by atoms with Gasteiger partial charge in [-0.3, -0.25) is 4.79 Å². The van der Waals surface area contributed by atoms with Gasteiger partial charge < -0.3 is 15.5 Å². The standard InChI is InChI=1S/C48H89NO3/c1-3-5-7-9-11-13-15-16-17-18-19-20-21-22-23-24-25-26-27-28-29-30-31-32-34-36-38-40-42-44-48(52)49-46(45-50)47(51)43-41-39-37-35-33-14-12-10-8-6-4-2/h15-16,18-19,33,35,41,43,46-47,50-51H,3-14,17,20-32,34,36-40,42,44-45H2,1-2H3,(H,49,52)/b16-15-,19-18-,35-33+,43-41+. The second kappa shape index (κ2) is 43.8. The maximum Gasteiger partial charge on any atom is 0.220 e. The molecule has 0 rings (SSSR count). The van der Waals surface area contributed by atoms with Crippen LogP contribution in [0.5, 0.6) is 0 Å². The second-order valence-corrected chi connectivity index (χ2v) is 15.5. The Bertz CT molecular complexity index is 831. The molecule has 0 aliphatic heterocycles. The van der Waals surface area contributed by atoms with E-state index in [0.29, 0.717) is 6.42 Å². The first-order valence-electron chi connectivity index (χ1n) is 22.9. The summed E-state index contributed by atoms with van der Waals surface area (Å²) in [4.78, 5) is 12.4. The zero-order valence-electron chi connectivity index (χ0n) is 34.8. The lowest BCUT2D eigenvalue weighted by Gasteiger charge is -2.19. The van der Waals surface area contributed by atoms with Crippen molar-refractivity contribution in [2.24, 2.45) is 0 Å². The van der Waals surface area contributed by atoms with E-state index in [0.717, 1.165) is 38.5 Å². The zero-order chi connectivity index (χ0) is 37.8. The Morgan fingerprint density at radius 3 is 1.23 bits per heavy atom. The predicted octanol–water partition coefficient (Wildman–Crippen LogP) is 14.4. The van der Waals surface area contributed by atoms with E-state index < -0.39 is 12.1 Å². The molecule has 0 fully saturated rings. The first-order valence-corrected chi connectivity index (χ1v) is 22.9. The van der Waals surface area contributed by atoms with Crippen LogP contribution in [0.1, 0.15) is 232 Å². The van der Waals surface area contributed by atoms with Crippen molar-refractivity contribution in [3.8, 4) is 0 Å². The summed E-state index contributed by atoms with van der Waals surface area (Å²) in [6.07, 6.45) is 59.5. The molecular formula is C48H89NO3. The Kier molecular flexibility index (Phi) is 42.4. The van der Waals surface area contributed by atoms with Gasteiger partial charge in [0.1, 0.15) is 0 Å². The molecule has 0 aromatic rings. The van der Waals surface area contributed by atoms with Gasteiger partial charge in [0, 0.05) is 6.42 Å². The van der Waals surface area contributed by atoms with E-state index in [-0.39, 0.29) is 12.5 Å². The number of unbranched alkanes of at least 4 members (excludes halogenated alkanes) is 28. The number of carbonyl (C=O) groups is 1. The monoisotopic (exact) mass is 728 g/mol. The molecule has 0 aliphatic carbocycles. The number of nitrogens with one attached hydrogen (secondary N) is 1. The van der Waals surface area contributed by atoms with Crippen LogP contribution in [-0.2, 0) is 4.79 Å². The van der Waals surface area contributed by atoms with Gasteiger partial charge in [0.05, 0.1) is 18.8 Å². The van der Waals surface area contributed by atoms with E-state index >= 15 is 0 Å². The van der Waals surface area contributed by atoms with Gasteiger partial charge in [-0.2, -0.15) is 0 Å². The van der Waals surface area contributed by atoms with E-state index in [4.69, 9.17) is 0 Å². The summed E-state index contributed by atoms with van der Waals surface area (Å²) < 4.78 is 0. The molecule has 1 amide bonds. The fraction of sp³-hybridized carbons (Fsp3) is 0.812. The normalized spacial score (nSPS) is 13.4. The molecule has 0 saturated carbocycles. The number of aliphatic hydroxyl groups excluding tert-OH is 2. The maximum atomic E-state index is 12.4. The van der Waals surface area contributed by atoms with E-state index in [1.807, 2.05) is 6.08 Å². The highest BCUT2D eigenvalue weighted by atomic mass is 16.3. The third-order valence-electron chi connectivity index (χ3n) is 10.3. The molecule has 3 N–H and O–H groups in total. The molecule has 304 valence electrons. The molecule has 52 heavy (non-hydrogen) atoms. The Morgan fingerprint density at radius 2 is 0.808 bits per heavy atom. The third kappa shape index (κ3) is 39.6. The van der Waals surface area contributed by atoms with Crippen molar-refractivity contribution < 1.29 is 15.0 Å². The van der Waals surface area contributed by atoms with Gasteiger partial charge in [-0.15, -0.1) is 0 Å². The molecule has 0 aromatic heterocycles. The van der Waals surface area contributed by atoms with Crippen LogP contribution in [0, 0.1) is 0 Å². The molecule has 2 unspecified atom stereocenters. The van der Waals surface area contributed by atoms with Gasteiger partial charge in [0.15, 0.2) is 0 Å². The topological polar surface area (TPSA) is 69.6 Å². The summed E-state index contributed by atoms with van der Waals surface area (Å²) in [7, 11) is 0. The largest absolute Gasteiger partial charge is 0.394 e. The van der Waals surface area contributed by atoms with Crippen molar-refractivity contribution in [1.82, 2.24) is 5.32 Å². The van der Waals surface area contributed by atoms with Gasteiger partial charge >= 0.3 is 0 Å². The maximum absolute atomic E-state index is 12.4. The highest BCUT2D eigenvalue weighted by molar-refractivity contribution is 5.76. The average Bonchev–Trinajstić information content (AvgIpc) is 3.15. The summed E-state index contributed by atoms with van der Waals surface area (Å²) in [5, 5.41) is 22.9. The van der Waals surface area contributed by atoms with Gasteiger partial charge in [-0.25, -0.2) is 0 Å². The van der Waals surface area contributed by atoms with Crippen LogP contribution in [-0.4, -0.2) is 34.9 Å². The Morgan fingerprint density at radius 1 is 0.462 bits per heavy atom. The number of hydrogen-bond acceptors (Lipinski definition) is 3. The number of rotatable bonds is 41. The van der Waals surface area contributed by atoms with E-state index in [1.54, 1.807) is 6.08 Å². The summed E-state index contributed by atoms with van der Waals surface area (Å²) in [6.45, 7) is 4.26. The van der Waals surface area contributed by atoms with Crippen molar-refractivity contribution in [2.45, 2.75) is 244 Å². The van der Waals surface area contributed by atoms with E-state index in [9.17, 15) is 15.0 Å². The Labute approximate surface area is 324 Å². The van der Waals surface area contributed by atoms with Crippen LogP contribution in [0.4, 0.5) is 0 Å². The number of amides is 1. The molecule has 4 nitrogen and oxygen atoms in total. The van der Waals surface area contributed by atoms with Crippen LogP contribution in [0.15, 0.2) is 48.6 Å². The number of allylic oxidation sites excluding steroid dienone is 7. The molecule has 0 aromatic carbocycles. The summed E-state index contributed by atoms with van der Waals surface area (Å²) in [5.41, 5.74) is 0. The number of aliphatic hydroxyl groups is 2. The molecule has 0 radical (unpaired) electrons. The van der Waals surface area contributed by atoms with Crippen LogP contribution in [0.25, 0.3) is 0 Å². The fourth-order valence-corrected chi connectivity index (χ4v) is 6.75. The lowest BCUT2D eigenvalue weighted by atomic mass is 10.0. The first kappa shape index (κ1) is 50.4. The minimum absolute atomic E-state index is 0.0748. The van der Waals surface area contributed by atoms with Crippen molar-refractivity contribution >= 4 is 5.91 Å². The molecule has 4 heteroatoms. The SMILES string of the molecule is CCCCCCC/C=C\C/C=C\CCCCCCCCCCCCCCCCCCCC(=O)NC(CO)C(O)/C=C/CC/C=C/CCCCCCC. The summed E-state index contributed by atoms with van der Waals surface area (Å²) in [5.74, 6) is -0.0748. The van der Waals surface area contributed by atoms with Gasteiger partial charge in [-0.05, 0) is 64.2 Å². The smallest absolute Gasteiger partial charge is 0.220 e. The Hall–Kier alpha value is -1.65. The quantitative estimate of drug-likeness (QED) is 0.0434. The molecule has 0 aliphatic rings. The van der Waals surface area contributed by atoms with Crippen molar-refractivity contribution in [3.05, 3.63) is 48.6 Å². The molecule has 0 bridgehead atoms. The second-order valence-electron chi connectivity index (χ2n) is 15.5. The molecule has 0 spiro atoms. The minimum atomic E-state index is -0.859. The fourth-order valence-electron chi connectivity index (χ4n) is 6.75. The molecular weight excluding hydrogens is 639 g/mol. The predicted molar refractivity (Wildman–Crippen MR) is 230 cm³/mol. The molecule has 0 saturated heterocycles. The average molecular weight is 728 g/mol. The Balaban J connectivity index is 3.48. The molecule has 0 heterocycles. The number of carbonyl (C=O) groups excluding carboxylic acids is 1. The van der Waals surface area contributed by atoms with E-state index in [1.165, 1.54) is 173 Å². The van der Waals surface area contributed by atoms with Crippen molar-refractivity contribution in [3.63, 3.8) is 0 Å². The first-order chi connectivity index (χ1) is 25.7. The van der Waals surface area contributed by atoms with E-state index in [2.05, 4.69) is 55.6 Å². The highest BCUT2D eigenvalue weighted by Gasteiger charge is 2.17. The van der Waals surface area contributed by atoms with Crippen molar-refractivity contribution in [2.75, 3.05) is 6.61 Å². The number of hydrogen-bond donors (Lipinski definition) is 3.